The van der Waals surface area contributed by atoms with Crippen molar-refractivity contribution in [1.29, 1.82) is 0 Å². The number of halogens is 1. The van der Waals surface area contributed by atoms with Crippen LogP contribution in [0.4, 0.5) is 0 Å². The summed E-state index contributed by atoms with van der Waals surface area (Å²) >= 11 is 3.64. The van der Waals surface area contributed by atoms with Crippen LogP contribution >= 0.6 is 15.9 Å². The van der Waals surface area contributed by atoms with Crippen LogP contribution in [0.25, 0.3) is 10.9 Å². The van der Waals surface area contributed by atoms with Gasteiger partial charge in [-0.15, -0.1) is 0 Å². The number of hydrogen-bond donors (Lipinski definition) is 2. The van der Waals surface area contributed by atoms with Gasteiger partial charge in [0.25, 0.3) is 0 Å². The highest BCUT2D eigenvalue weighted by molar-refractivity contribution is 9.10. The summed E-state index contributed by atoms with van der Waals surface area (Å²) in [6.07, 6.45) is 4.91. The lowest BCUT2D eigenvalue weighted by Gasteiger charge is -2.24. The molecule has 1 aliphatic rings. The number of H-pyrrole nitrogens is 1. The topological polar surface area (TPSA) is 27.8 Å². The maximum absolute atomic E-state index is 3.69. The van der Waals surface area contributed by atoms with Crippen LogP contribution in [0.1, 0.15) is 43.5 Å². The number of benzene rings is 1. The molecule has 0 fully saturated rings. The lowest BCUT2D eigenvalue weighted by molar-refractivity contribution is 0.461. The van der Waals surface area contributed by atoms with Crippen LogP contribution in [-0.2, 0) is 6.42 Å². The molecular formula is C15H19BrN2. The van der Waals surface area contributed by atoms with Crippen molar-refractivity contribution in [1.82, 2.24) is 10.3 Å². The molecule has 0 saturated heterocycles. The molecule has 0 aliphatic heterocycles. The minimum Gasteiger partial charge on any atom is -0.357 e. The van der Waals surface area contributed by atoms with Crippen LogP contribution in [0.3, 0.4) is 0 Å². The highest BCUT2D eigenvalue weighted by atomic mass is 79.9. The first-order valence-corrected chi connectivity index (χ1v) is 7.63. The third kappa shape index (κ3) is 1.99. The van der Waals surface area contributed by atoms with E-state index < -0.39 is 0 Å². The summed E-state index contributed by atoms with van der Waals surface area (Å²) in [5, 5.41) is 5.07. The lowest BCUT2D eigenvalue weighted by Crippen LogP contribution is -2.25. The average Bonchev–Trinajstić information content (AvgIpc) is 2.77. The highest BCUT2D eigenvalue weighted by Crippen LogP contribution is 2.37. The van der Waals surface area contributed by atoms with Gasteiger partial charge in [0.05, 0.1) is 5.52 Å². The molecule has 0 radical (unpaired) electrons. The zero-order chi connectivity index (χ0) is 12.5. The van der Waals surface area contributed by atoms with Crippen LogP contribution in [0.5, 0.6) is 0 Å². The number of aromatic nitrogens is 1. The number of aryl methyl sites for hydroxylation is 1. The SMILES string of the molecule is CCCNC1CCCc2[nH]c3c(Br)cccc3c21. The fourth-order valence-electron chi connectivity index (χ4n) is 3.00. The quantitative estimate of drug-likeness (QED) is 0.869. The minimum atomic E-state index is 0.525. The number of aromatic amines is 1. The first-order valence-electron chi connectivity index (χ1n) is 6.83. The summed E-state index contributed by atoms with van der Waals surface area (Å²) in [7, 11) is 0. The third-order valence-corrected chi connectivity index (χ3v) is 4.47. The van der Waals surface area contributed by atoms with Crippen LogP contribution in [-0.4, -0.2) is 11.5 Å². The number of para-hydroxylation sites is 1. The van der Waals surface area contributed by atoms with Crippen LogP contribution in [0, 0.1) is 0 Å². The molecule has 0 saturated carbocycles. The largest absolute Gasteiger partial charge is 0.357 e. The molecule has 1 aromatic carbocycles. The van der Waals surface area contributed by atoms with Crippen molar-refractivity contribution in [3.05, 3.63) is 33.9 Å². The molecule has 1 aromatic heterocycles. The molecule has 1 unspecified atom stereocenters. The molecule has 1 aliphatic carbocycles. The van der Waals surface area contributed by atoms with E-state index in [9.17, 15) is 0 Å². The first kappa shape index (κ1) is 12.2. The van der Waals surface area contributed by atoms with E-state index >= 15 is 0 Å². The Labute approximate surface area is 116 Å². The molecule has 96 valence electrons. The molecule has 1 heterocycles. The van der Waals surface area contributed by atoms with Crippen molar-refractivity contribution in [2.24, 2.45) is 0 Å². The van der Waals surface area contributed by atoms with Gasteiger partial charge in [0, 0.05) is 21.6 Å². The summed E-state index contributed by atoms with van der Waals surface area (Å²) in [6.45, 7) is 3.33. The Hall–Kier alpha value is -0.800. The van der Waals surface area contributed by atoms with E-state index in [4.69, 9.17) is 0 Å². The maximum atomic E-state index is 3.69. The molecule has 0 bridgehead atoms. The summed E-state index contributed by atoms with van der Waals surface area (Å²) < 4.78 is 1.17. The van der Waals surface area contributed by atoms with Gasteiger partial charge < -0.3 is 10.3 Å². The van der Waals surface area contributed by atoms with Crippen molar-refractivity contribution in [2.75, 3.05) is 6.54 Å². The van der Waals surface area contributed by atoms with Gasteiger partial charge in [-0.3, -0.25) is 0 Å². The number of hydrogen-bond acceptors (Lipinski definition) is 1. The zero-order valence-electron chi connectivity index (χ0n) is 10.7. The first-order chi connectivity index (χ1) is 8.81. The van der Waals surface area contributed by atoms with E-state index in [1.54, 1.807) is 0 Å². The van der Waals surface area contributed by atoms with Gasteiger partial charge in [-0.1, -0.05) is 19.1 Å². The number of rotatable bonds is 3. The molecule has 0 spiro atoms. The van der Waals surface area contributed by atoms with Gasteiger partial charge >= 0.3 is 0 Å². The highest BCUT2D eigenvalue weighted by Gasteiger charge is 2.24. The lowest BCUT2D eigenvalue weighted by atomic mass is 9.90. The molecule has 2 nitrogen and oxygen atoms in total. The van der Waals surface area contributed by atoms with Crippen molar-refractivity contribution in [3.8, 4) is 0 Å². The summed E-state index contributed by atoms with van der Waals surface area (Å²) in [4.78, 5) is 3.60. The third-order valence-electron chi connectivity index (χ3n) is 3.81. The second-order valence-corrected chi connectivity index (χ2v) is 5.93. The smallest absolute Gasteiger partial charge is 0.0603 e. The van der Waals surface area contributed by atoms with E-state index in [0.717, 1.165) is 6.54 Å². The summed E-state index contributed by atoms with van der Waals surface area (Å²) in [6, 6.07) is 7.00. The predicted molar refractivity (Wildman–Crippen MR) is 80.0 cm³/mol. The molecular weight excluding hydrogens is 288 g/mol. The van der Waals surface area contributed by atoms with Crippen molar-refractivity contribution < 1.29 is 0 Å². The molecule has 2 aromatic rings. The van der Waals surface area contributed by atoms with Crippen molar-refractivity contribution in [2.45, 2.75) is 38.6 Å². The normalized spacial score (nSPS) is 19.1. The average molecular weight is 307 g/mol. The summed E-state index contributed by atoms with van der Waals surface area (Å²) in [5.74, 6) is 0. The molecule has 3 rings (SSSR count). The minimum absolute atomic E-state index is 0.525. The Kier molecular flexibility index (Phi) is 3.44. The van der Waals surface area contributed by atoms with Gasteiger partial charge in [0.2, 0.25) is 0 Å². The van der Waals surface area contributed by atoms with Crippen LogP contribution in [0.2, 0.25) is 0 Å². The van der Waals surface area contributed by atoms with Gasteiger partial charge in [-0.05, 0) is 59.8 Å². The van der Waals surface area contributed by atoms with Gasteiger partial charge in [0.15, 0.2) is 0 Å². The van der Waals surface area contributed by atoms with Crippen LogP contribution < -0.4 is 5.32 Å². The predicted octanol–water partition coefficient (Wildman–Crippen LogP) is 4.31. The molecule has 0 amide bonds. The Morgan fingerprint density at radius 2 is 2.33 bits per heavy atom. The fraction of sp³-hybridized carbons (Fsp3) is 0.467. The Morgan fingerprint density at radius 3 is 3.17 bits per heavy atom. The van der Waals surface area contributed by atoms with Gasteiger partial charge in [0.1, 0.15) is 0 Å². The van der Waals surface area contributed by atoms with Gasteiger partial charge in [-0.2, -0.15) is 0 Å². The standard InChI is InChI=1S/C15H19BrN2/c1-2-9-17-12-7-4-8-13-14(12)10-5-3-6-11(16)15(10)18-13/h3,5-6,12,17-18H,2,4,7-9H2,1H3. The Bertz CT molecular complexity index is 559. The van der Waals surface area contributed by atoms with E-state index in [1.165, 1.54) is 52.3 Å². The molecule has 2 N–H and O–H groups in total. The number of fused-ring (bicyclic) bond motifs is 3. The van der Waals surface area contributed by atoms with Crippen molar-refractivity contribution >= 4 is 26.8 Å². The Balaban J connectivity index is 2.09. The van der Waals surface area contributed by atoms with E-state index in [0.29, 0.717) is 6.04 Å². The molecule has 3 heteroatoms. The second-order valence-electron chi connectivity index (χ2n) is 5.08. The van der Waals surface area contributed by atoms with Crippen LogP contribution in [0.15, 0.2) is 22.7 Å². The van der Waals surface area contributed by atoms with Gasteiger partial charge in [-0.25, -0.2) is 0 Å². The van der Waals surface area contributed by atoms with E-state index in [1.807, 2.05) is 0 Å². The maximum Gasteiger partial charge on any atom is 0.0603 e. The summed E-state index contributed by atoms with van der Waals surface area (Å²) in [5.41, 5.74) is 4.19. The molecule has 1 atom stereocenters. The monoisotopic (exact) mass is 306 g/mol. The Morgan fingerprint density at radius 1 is 1.44 bits per heavy atom. The fourth-order valence-corrected chi connectivity index (χ4v) is 3.47. The zero-order valence-corrected chi connectivity index (χ0v) is 12.3. The number of nitrogens with one attached hydrogen (secondary N) is 2. The van der Waals surface area contributed by atoms with E-state index in [2.05, 4.69) is 51.4 Å². The van der Waals surface area contributed by atoms with Crippen molar-refractivity contribution in [3.63, 3.8) is 0 Å². The second kappa shape index (κ2) is 5.06. The van der Waals surface area contributed by atoms with E-state index in [-0.39, 0.29) is 0 Å². The molecule has 18 heavy (non-hydrogen) atoms.